The minimum Gasteiger partial charge on any atom is -0.497 e. The number of hydrazone groups is 1. The van der Waals surface area contributed by atoms with Gasteiger partial charge in [-0.3, -0.25) is 9.36 Å². The minimum atomic E-state index is -0.310. The number of carbonyl (C=O) groups is 1. The first-order chi connectivity index (χ1) is 16.6. The summed E-state index contributed by atoms with van der Waals surface area (Å²) in [5.41, 5.74) is 4.77. The Hall–Kier alpha value is -3.33. The molecule has 0 unspecified atom stereocenters. The van der Waals surface area contributed by atoms with Crippen molar-refractivity contribution >= 4 is 47.1 Å². The molecule has 4 aromatic rings. The van der Waals surface area contributed by atoms with Crippen LogP contribution in [0.1, 0.15) is 5.56 Å². The van der Waals surface area contributed by atoms with Crippen LogP contribution in [0.5, 0.6) is 5.75 Å². The number of carbonyl (C=O) groups excluding carboxylic acids is 1. The second-order valence-electron chi connectivity index (χ2n) is 6.92. The number of amides is 1. The van der Waals surface area contributed by atoms with Crippen LogP contribution in [-0.2, 0) is 4.79 Å². The Kier molecular flexibility index (Phi) is 7.84. The SMILES string of the molecule is COc1ccc(-n2c(SCC(=O)NN=Cc3c(Cl)cccc3Cl)nnc2-c2ccccc2)cc1. The third kappa shape index (κ3) is 5.59. The maximum Gasteiger partial charge on any atom is 0.250 e. The second kappa shape index (κ2) is 11.2. The summed E-state index contributed by atoms with van der Waals surface area (Å²) in [5, 5.41) is 14.1. The molecule has 0 aliphatic carbocycles. The van der Waals surface area contributed by atoms with Gasteiger partial charge in [0.2, 0.25) is 0 Å². The van der Waals surface area contributed by atoms with Gasteiger partial charge < -0.3 is 4.74 Å². The lowest BCUT2D eigenvalue weighted by molar-refractivity contribution is -0.118. The lowest BCUT2D eigenvalue weighted by atomic mass is 10.2. The summed E-state index contributed by atoms with van der Waals surface area (Å²) in [6.07, 6.45) is 1.42. The molecule has 10 heteroatoms. The van der Waals surface area contributed by atoms with E-state index in [1.54, 1.807) is 25.3 Å². The van der Waals surface area contributed by atoms with Gasteiger partial charge in [0.15, 0.2) is 11.0 Å². The van der Waals surface area contributed by atoms with Crippen molar-refractivity contribution in [2.24, 2.45) is 5.10 Å². The van der Waals surface area contributed by atoms with Gasteiger partial charge in [-0.1, -0.05) is 71.4 Å². The molecule has 3 aromatic carbocycles. The molecule has 4 rings (SSSR count). The van der Waals surface area contributed by atoms with Crippen LogP contribution < -0.4 is 10.2 Å². The molecule has 0 aliphatic rings. The van der Waals surface area contributed by atoms with Gasteiger partial charge in [0, 0.05) is 16.8 Å². The molecule has 0 spiro atoms. The first kappa shape index (κ1) is 23.8. The smallest absolute Gasteiger partial charge is 0.250 e. The molecule has 172 valence electrons. The molecule has 7 nitrogen and oxygen atoms in total. The van der Waals surface area contributed by atoms with E-state index < -0.39 is 0 Å². The topological polar surface area (TPSA) is 81.4 Å². The number of aromatic nitrogens is 3. The van der Waals surface area contributed by atoms with E-state index in [1.165, 1.54) is 18.0 Å². The number of methoxy groups -OCH3 is 1. The maximum absolute atomic E-state index is 12.4. The van der Waals surface area contributed by atoms with Crippen molar-refractivity contribution in [2.45, 2.75) is 5.16 Å². The van der Waals surface area contributed by atoms with Crippen LogP contribution in [0.4, 0.5) is 0 Å². The van der Waals surface area contributed by atoms with Crippen LogP contribution in [0.3, 0.4) is 0 Å². The summed E-state index contributed by atoms with van der Waals surface area (Å²) in [6, 6.07) is 22.4. The molecule has 1 aromatic heterocycles. The Morgan fingerprint density at radius 1 is 1.03 bits per heavy atom. The molecule has 34 heavy (non-hydrogen) atoms. The van der Waals surface area contributed by atoms with E-state index in [2.05, 4.69) is 20.7 Å². The standard InChI is InChI=1S/C24H19Cl2N5O2S/c1-33-18-12-10-17(11-13-18)31-23(16-6-3-2-4-7-16)29-30-24(31)34-15-22(32)28-27-14-19-20(25)8-5-9-21(19)26/h2-14H,15H2,1H3,(H,28,32). The summed E-state index contributed by atoms with van der Waals surface area (Å²) >= 11 is 13.5. The first-order valence-electron chi connectivity index (χ1n) is 10.1. The van der Waals surface area contributed by atoms with Crippen molar-refractivity contribution in [3.05, 3.63) is 88.4 Å². The molecule has 0 fully saturated rings. The first-order valence-corrected chi connectivity index (χ1v) is 11.8. The van der Waals surface area contributed by atoms with Crippen LogP contribution in [0.15, 0.2) is 83.1 Å². The van der Waals surface area contributed by atoms with E-state index in [1.807, 2.05) is 59.2 Å². The normalized spacial score (nSPS) is 11.0. The third-order valence-electron chi connectivity index (χ3n) is 4.71. The molecule has 0 saturated heterocycles. The maximum atomic E-state index is 12.4. The predicted molar refractivity (Wildman–Crippen MR) is 136 cm³/mol. The van der Waals surface area contributed by atoms with Gasteiger partial charge in [-0.2, -0.15) is 5.10 Å². The zero-order valence-electron chi connectivity index (χ0n) is 18.0. The Morgan fingerprint density at radius 3 is 2.41 bits per heavy atom. The van der Waals surface area contributed by atoms with E-state index in [0.29, 0.717) is 26.6 Å². The molecular formula is C24H19Cl2N5O2S. The highest BCUT2D eigenvalue weighted by atomic mass is 35.5. The van der Waals surface area contributed by atoms with E-state index in [4.69, 9.17) is 27.9 Å². The van der Waals surface area contributed by atoms with Gasteiger partial charge >= 0.3 is 0 Å². The number of halogens is 2. The van der Waals surface area contributed by atoms with Crippen molar-refractivity contribution in [3.63, 3.8) is 0 Å². The number of nitrogens with zero attached hydrogens (tertiary/aromatic N) is 4. The van der Waals surface area contributed by atoms with Crippen molar-refractivity contribution in [3.8, 4) is 22.8 Å². The van der Waals surface area contributed by atoms with Gasteiger partial charge in [0.25, 0.3) is 5.91 Å². The average Bonchev–Trinajstić information content (AvgIpc) is 3.29. The molecule has 1 heterocycles. The monoisotopic (exact) mass is 511 g/mol. The zero-order valence-corrected chi connectivity index (χ0v) is 20.3. The molecule has 0 saturated carbocycles. The summed E-state index contributed by atoms with van der Waals surface area (Å²) in [5.74, 6) is 1.18. The number of ether oxygens (including phenoxy) is 1. The van der Waals surface area contributed by atoms with Gasteiger partial charge in [0.05, 0.1) is 29.1 Å². The van der Waals surface area contributed by atoms with Crippen LogP contribution in [0.25, 0.3) is 17.1 Å². The highest BCUT2D eigenvalue weighted by Gasteiger charge is 2.17. The fourth-order valence-corrected chi connectivity index (χ4v) is 4.31. The Morgan fingerprint density at radius 2 is 1.74 bits per heavy atom. The number of benzene rings is 3. The number of hydrogen-bond acceptors (Lipinski definition) is 6. The van der Waals surface area contributed by atoms with Crippen LogP contribution >= 0.6 is 35.0 Å². The van der Waals surface area contributed by atoms with Crippen molar-refractivity contribution in [1.29, 1.82) is 0 Å². The van der Waals surface area contributed by atoms with Gasteiger partial charge in [0.1, 0.15) is 5.75 Å². The average molecular weight is 512 g/mol. The zero-order chi connectivity index (χ0) is 23.9. The van der Waals surface area contributed by atoms with E-state index >= 15 is 0 Å². The molecular weight excluding hydrogens is 493 g/mol. The van der Waals surface area contributed by atoms with E-state index in [-0.39, 0.29) is 11.7 Å². The molecule has 0 bridgehead atoms. The summed E-state index contributed by atoms with van der Waals surface area (Å²) in [7, 11) is 1.62. The molecule has 1 amide bonds. The van der Waals surface area contributed by atoms with Crippen molar-refractivity contribution in [1.82, 2.24) is 20.2 Å². The van der Waals surface area contributed by atoms with Gasteiger partial charge in [-0.25, -0.2) is 5.43 Å². The second-order valence-corrected chi connectivity index (χ2v) is 8.68. The largest absolute Gasteiger partial charge is 0.497 e. The molecule has 1 N–H and O–H groups in total. The minimum absolute atomic E-state index is 0.0800. The van der Waals surface area contributed by atoms with E-state index in [0.717, 1.165) is 17.0 Å². The van der Waals surface area contributed by atoms with Gasteiger partial charge in [-0.05, 0) is 36.4 Å². The number of hydrogen-bond donors (Lipinski definition) is 1. The fourth-order valence-electron chi connectivity index (χ4n) is 3.07. The number of nitrogens with one attached hydrogen (secondary N) is 1. The Bertz CT molecular complexity index is 1290. The van der Waals surface area contributed by atoms with Crippen molar-refractivity contribution in [2.75, 3.05) is 12.9 Å². The summed E-state index contributed by atoms with van der Waals surface area (Å²) in [6.45, 7) is 0. The highest BCUT2D eigenvalue weighted by Crippen LogP contribution is 2.29. The molecule has 0 atom stereocenters. The Balaban J connectivity index is 1.52. The van der Waals surface area contributed by atoms with Crippen molar-refractivity contribution < 1.29 is 9.53 Å². The third-order valence-corrected chi connectivity index (χ3v) is 6.30. The van der Waals surface area contributed by atoms with Crippen LogP contribution in [0.2, 0.25) is 10.0 Å². The lowest BCUT2D eigenvalue weighted by Gasteiger charge is -2.11. The predicted octanol–water partition coefficient (Wildman–Crippen LogP) is 5.49. The number of rotatable bonds is 8. The van der Waals surface area contributed by atoms with E-state index in [9.17, 15) is 4.79 Å². The van der Waals surface area contributed by atoms with Gasteiger partial charge in [-0.15, -0.1) is 10.2 Å². The van der Waals surface area contributed by atoms with Crippen LogP contribution in [0, 0.1) is 0 Å². The summed E-state index contributed by atoms with van der Waals surface area (Å²) < 4.78 is 7.17. The molecule has 0 radical (unpaired) electrons. The number of thioether (sulfide) groups is 1. The Labute approximate surface area is 210 Å². The highest BCUT2D eigenvalue weighted by molar-refractivity contribution is 7.99. The lowest BCUT2D eigenvalue weighted by Crippen LogP contribution is -2.20. The summed E-state index contributed by atoms with van der Waals surface area (Å²) in [4.78, 5) is 12.4. The van der Waals surface area contributed by atoms with Crippen LogP contribution in [-0.4, -0.2) is 39.7 Å². The molecule has 0 aliphatic heterocycles. The quantitative estimate of drug-likeness (QED) is 0.192. The fraction of sp³-hybridized carbons (Fsp3) is 0.0833.